The minimum atomic E-state index is -0.403. The second-order valence-electron chi connectivity index (χ2n) is 5.23. The van der Waals surface area contributed by atoms with Crippen LogP contribution >= 0.6 is 23.2 Å². The van der Waals surface area contributed by atoms with E-state index in [0.29, 0.717) is 21.3 Å². The maximum atomic E-state index is 14.0. The van der Waals surface area contributed by atoms with Gasteiger partial charge in [0.2, 0.25) is 0 Å². The van der Waals surface area contributed by atoms with Gasteiger partial charge in [0.05, 0.1) is 12.1 Å². The van der Waals surface area contributed by atoms with Gasteiger partial charge >= 0.3 is 0 Å². The number of nitrogens with zero attached hydrogens (tertiary/aromatic N) is 2. The van der Waals surface area contributed by atoms with Crippen LogP contribution in [0.2, 0.25) is 10.2 Å². The van der Waals surface area contributed by atoms with Crippen molar-refractivity contribution in [3.8, 4) is 0 Å². The fourth-order valence-corrected chi connectivity index (χ4v) is 2.61. The van der Waals surface area contributed by atoms with Crippen molar-refractivity contribution in [2.75, 3.05) is 0 Å². The Morgan fingerprint density at radius 2 is 2.05 bits per heavy atom. The van der Waals surface area contributed by atoms with Gasteiger partial charge in [-0.3, -0.25) is 4.79 Å². The lowest BCUT2D eigenvalue weighted by Crippen LogP contribution is -2.33. The number of hydrogen-bond donors (Lipinski definition) is 0. The van der Waals surface area contributed by atoms with Gasteiger partial charge in [0, 0.05) is 22.8 Å². The summed E-state index contributed by atoms with van der Waals surface area (Å²) in [6, 6.07) is 7.83. The number of amides is 1. The molecular formula is C16H13Cl2FN2O. The van der Waals surface area contributed by atoms with E-state index in [9.17, 15) is 9.18 Å². The average Bonchev–Trinajstić information content (AvgIpc) is 3.32. The van der Waals surface area contributed by atoms with Crippen LogP contribution in [0.1, 0.15) is 28.8 Å². The predicted molar refractivity (Wildman–Crippen MR) is 83.6 cm³/mol. The molecule has 1 aromatic carbocycles. The maximum Gasteiger partial charge on any atom is 0.255 e. The zero-order valence-corrected chi connectivity index (χ0v) is 13.1. The van der Waals surface area contributed by atoms with E-state index in [-0.39, 0.29) is 18.5 Å². The van der Waals surface area contributed by atoms with Crippen LogP contribution in [0, 0.1) is 5.82 Å². The molecule has 0 N–H and O–H groups in total. The van der Waals surface area contributed by atoms with E-state index in [0.717, 1.165) is 12.8 Å². The molecule has 1 saturated carbocycles. The van der Waals surface area contributed by atoms with Crippen LogP contribution in [-0.4, -0.2) is 21.8 Å². The SMILES string of the molecule is O=C(c1ccc(Cl)nc1)N(Cc1c(F)cccc1Cl)C1CC1. The summed E-state index contributed by atoms with van der Waals surface area (Å²) in [6.07, 6.45) is 3.26. The molecule has 22 heavy (non-hydrogen) atoms. The number of pyridine rings is 1. The summed E-state index contributed by atoms with van der Waals surface area (Å²) in [7, 11) is 0. The Labute approximate surface area is 137 Å². The number of rotatable bonds is 4. The van der Waals surface area contributed by atoms with E-state index >= 15 is 0 Å². The zero-order chi connectivity index (χ0) is 15.7. The lowest BCUT2D eigenvalue weighted by atomic mass is 10.1. The molecular weight excluding hydrogens is 326 g/mol. The molecule has 0 aliphatic heterocycles. The minimum absolute atomic E-state index is 0.124. The highest BCUT2D eigenvalue weighted by molar-refractivity contribution is 6.31. The molecule has 1 aliphatic carbocycles. The molecule has 0 spiro atoms. The number of carbonyl (C=O) groups is 1. The molecule has 1 fully saturated rings. The van der Waals surface area contributed by atoms with Crippen molar-refractivity contribution < 1.29 is 9.18 Å². The van der Waals surface area contributed by atoms with Gasteiger partial charge in [0.25, 0.3) is 5.91 Å². The van der Waals surface area contributed by atoms with E-state index in [1.54, 1.807) is 29.2 Å². The Morgan fingerprint density at radius 1 is 1.27 bits per heavy atom. The normalized spacial score (nSPS) is 14.0. The van der Waals surface area contributed by atoms with Crippen LogP contribution in [0.15, 0.2) is 36.5 Å². The maximum absolute atomic E-state index is 14.0. The second-order valence-corrected chi connectivity index (χ2v) is 6.03. The topological polar surface area (TPSA) is 33.2 Å². The summed E-state index contributed by atoms with van der Waals surface area (Å²) < 4.78 is 14.0. The third kappa shape index (κ3) is 3.23. The molecule has 1 aromatic heterocycles. The van der Waals surface area contributed by atoms with Gasteiger partial charge in [0.15, 0.2) is 0 Å². The highest BCUT2D eigenvalue weighted by Crippen LogP contribution is 2.32. The van der Waals surface area contributed by atoms with Gasteiger partial charge in [0.1, 0.15) is 11.0 Å². The van der Waals surface area contributed by atoms with Gasteiger partial charge in [-0.15, -0.1) is 0 Å². The minimum Gasteiger partial charge on any atom is -0.331 e. The van der Waals surface area contributed by atoms with E-state index in [1.807, 2.05) is 0 Å². The smallest absolute Gasteiger partial charge is 0.255 e. The first kappa shape index (κ1) is 15.3. The quantitative estimate of drug-likeness (QED) is 0.777. The highest BCUT2D eigenvalue weighted by Gasteiger charge is 2.34. The fraction of sp³-hybridized carbons (Fsp3) is 0.250. The molecule has 6 heteroatoms. The Kier molecular flexibility index (Phi) is 4.32. The molecule has 1 aliphatic rings. The molecule has 0 bridgehead atoms. The van der Waals surface area contributed by atoms with Crippen molar-refractivity contribution >= 4 is 29.1 Å². The molecule has 114 valence electrons. The average molecular weight is 339 g/mol. The van der Waals surface area contributed by atoms with Gasteiger partial charge in [-0.25, -0.2) is 9.37 Å². The molecule has 0 atom stereocenters. The lowest BCUT2D eigenvalue weighted by molar-refractivity contribution is 0.0728. The number of halogens is 3. The van der Waals surface area contributed by atoms with E-state index in [4.69, 9.17) is 23.2 Å². The Morgan fingerprint density at radius 3 is 2.64 bits per heavy atom. The fourth-order valence-electron chi connectivity index (χ4n) is 2.27. The van der Waals surface area contributed by atoms with Crippen LogP contribution in [0.5, 0.6) is 0 Å². The molecule has 3 nitrogen and oxygen atoms in total. The van der Waals surface area contributed by atoms with Gasteiger partial charge in [-0.1, -0.05) is 29.3 Å². The van der Waals surface area contributed by atoms with Gasteiger partial charge < -0.3 is 4.90 Å². The van der Waals surface area contributed by atoms with Crippen molar-refractivity contribution in [2.24, 2.45) is 0 Å². The summed E-state index contributed by atoms with van der Waals surface area (Å²) in [6.45, 7) is 0.150. The van der Waals surface area contributed by atoms with E-state index < -0.39 is 5.82 Å². The number of hydrogen-bond acceptors (Lipinski definition) is 2. The number of carbonyl (C=O) groups excluding carboxylic acids is 1. The van der Waals surface area contributed by atoms with E-state index in [2.05, 4.69) is 4.98 Å². The van der Waals surface area contributed by atoms with Crippen LogP contribution < -0.4 is 0 Å². The van der Waals surface area contributed by atoms with Crippen molar-refractivity contribution in [3.05, 3.63) is 63.6 Å². The zero-order valence-electron chi connectivity index (χ0n) is 11.6. The van der Waals surface area contributed by atoms with Crippen molar-refractivity contribution in [1.82, 2.24) is 9.88 Å². The monoisotopic (exact) mass is 338 g/mol. The standard InChI is InChI=1S/C16H13Cl2FN2O/c17-13-2-1-3-14(19)12(13)9-21(11-5-6-11)16(22)10-4-7-15(18)20-8-10/h1-4,7-8,11H,5-6,9H2. The molecule has 1 amide bonds. The second kappa shape index (κ2) is 6.23. The van der Waals surface area contributed by atoms with Gasteiger partial charge in [-0.2, -0.15) is 0 Å². The Bertz CT molecular complexity index is 682. The highest BCUT2D eigenvalue weighted by atomic mass is 35.5. The van der Waals surface area contributed by atoms with Crippen LogP contribution in [0.25, 0.3) is 0 Å². The third-order valence-electron chi connectivity index (χ3n) is 3.61. The third-order valence-corrected chi connectivity index (χ3v) is 4.19. The molecule has 3 rings (SSSR count). The summed E-state index contributed by atoms with van der Waals surface area (Å²) in [5.41, 5.74) is 0.773. The lowest BCUT2D eigenvalue weighted by Gasteiger charge is -2.23. The number of benzene rings is 1. The molecule has 0 unspecified atom stereocenters. The Balaban J connectivity index is 1.87. The first-order valence-electron chi connectivity index (χ1n) is 6.91. The molecule has 2 aromatic rings. The van der Waals surface area contributed by atoms with Crippen molar-refractivity contribution in [1.29, 1.82) is 0 Å². The molecule has 1 heterocycles. The number of aromatic nitrogens is 1. The summed E-state index contributed by atoms with van der Waals surface area (Å²) in [4.78, 5) is 18.2. The largest absolute Gasteiger partial charge is 0.331 e. The summed E-state index contributed by atoms with van der Waals surface area (Å²) in [5.74, 6) is -0.592. The predicted octanol–water partition coefficient (Wildman–Crippen LogP) is 4.33. The first-order chi connectivity index (χ1) is 10.6. The molecule has 0 radical (unpaired) electrons. The summed E-state index contributed by atoms with van der Waals surface area (Å²) >= 11 is 11.8. The van der Waals surface area contributed by atoms with Crippen LogP contribution in [0.4, 0.5) is 4.39 Å². The van der Waals surface area contributed by atoms with Gasteiger partial charge in [-0.05, 0) is 37.1 Å². The van der Waals surface area contributed by atoms with Crippen LogP contribution in [0.3, 0.4) is 0 Å². The van der Waals surface area contributed by atoms with E-state index in [1.165, 1.54) is 12.3 Å². The summed E-state index contributed by atoms with van der Waals surface area (Å²) in [5, 5.41) is 0.652. The Hall–Kier alpha value is -1.65. The van der Waals surface area contributed by atoms with Crippen LogP contribution in [-0.2, 0) is 6.54 Å². The van der Waals surface area contributed by atoms with Crippen molar-refractivity contribution in [3.63, 3.8) is 0 Å². The molecule has 0 saturated heterocycles. The first-order valence-corrected chi connectivity index (χ1v) is 7.67. The van der Waals surface area contributed by atoms with Crippen molar-refractivity contribution in [2.45, 2.75) is 25.4 Å².